The molecule has 6 heteroatoms. The molecule has 100 valence electrons. The van der Waals surface area contributed by atoms with E-state index >= 15 is 0 Å². The Balaban J connectivity index is 1.90. The summed E-state index contributed by atoms with van der Waals surface area (Å²) in [7, 11) is 0. The number of hydrogen-bond acceptors (Lipinski definition) is 3. The molecule has 1 fully saturated rings. The molecule has 2 heterocycles. The molecule has 0 aliphatic carbocycles. The van der Waals surface area contributed by atoms with Crippen LogP contribution in [0.25, 0.3) is 5.69 Å². The lowest BCUT2D eigenvalue weighted by atomic mass is 10.1. The van der Waals surface area contributed by atoms with Gasteiger partial charge in [-0.3, -0.25) is 5.10 Å². The zero-order valence-electron chi connectivity index (χ0n) is 10.6. The van der Waals surface area contributed by atoms with Gasteiger partial charge in [0.15, 0.2) is 0 Å². The van der Waals surface area contributed by atoms with Crippen LogP contribution in [-0.4, -0.2) is 27.9 Å². The summed E-state index contributed by atoms with van der Waals surface area (Å²) in [5.74, 6) is 0. The molecule has 2 aromatic rings. The van der Waals surface area contributed by atoms with Crippen LogP contribution in [0.5, 0.6) is 0 Å². The molecule has 1 aromatic heterocycles. The number of rotatable bonds is 2. The van der Waals surface area contributed by atoms with Crippen LogP contribution >= 0.6 is 12.2 Å². The van der Waals surface area contributed by atoms with E-state index in [9.17, 15) is 4.79 Å². The summed E-state index contributed by atoms with van der Waals surface area (Å²) in [5.41, 5.74) is 1.76. The fourth-order valence-electron chi connectivity index (χ4n) is 2.51. The predicted molar refractivity (Wildman–Crippen MR) is 77.6 cm³/mol. The highest BCUT2D eigenvalue weighted by atomic mass is 32.1. The molecule has 3 rings (SSSR count). The van der Waals surface area contributed by atoms with Crippen LogP contribution in [-0.2, 0) is 0 Å². The number of aromatic amines is 2. The van der Waals surface area contributed by atoms with Crippen molar-refractivity contribution < 1.29 is 0 Å². The zero-order valence-corrected chi connectivity index (χ0v) is 11.4. The van der Waals surface area contributed by atoms with Crippen molar-refractivity contribution in [2.75, 3.05) is 18.0 Å². The van der Waals surface area contributed by atoms with Crippen molar-refractivity contribution in [2.45, 2.75) is 19.3 Å². The summed E-state index contributed by atoms with van der Waals surface area (Å²) < 4.78 is 1.84. The molecular formula is C13H16N4OS. The van der Waals surface area contributed by atoms with E-state index in [1.807, 2.05) is 12.1 Å². The quantitative estimate of drug-likeness (QED) is 0.827. The van der Waals surface area contributed by atoms with Gasteiger partial charge in [-0.15, -0.1) is 0 Å². The summed E-state index contributed by atoms with van der Waals surface area (Å²) in [5, 5.41) is 5.12. The summed E-state index contributed by atoms with van der Waals surface area (Å²) in [6, 6.07) is 7.97. The van der Waals surface area contributed by atoms with E-state index in [1.54, 1.807) is 0 Å². The van der Waals surface area contributed by atoms with Gasteiger partial charge >= 0.3 is 5.69 Å². The Labute approximate surface area is 115 Å². The minimum absolute atomic E-state index is 0.240. The van der Waals surface area contributed by atoms with E-state index in [4.69, 9.17) is 12.2 Å². The first kappa shape index (κ1) is 12.2. The molecule has 0 radical (unpaired) electrons. The molecule has 2 N–H and O–H groups in total. The third-order valence-corrected chi connectivity index (χ3v) is 3.80. The molecule has 1 saturated heterocycles. The number of H-pyrrole nitrogens is 2. The van der Waals surface area contributed by atoms with Gasteiger partial charge in [0.2, 0.25) is 4.77 Å². The molecular weight excluding hydrogens is 260 g/mol. The Bertz CT molecular complexity index is 633. The van der Waals surface area contributed by atoms with E-state index in [-0.39, 0.29) is 5.69 Å². The van der Waals surface area contributed by atoms with Gasteiger partial charge < -0.3 is 4.90 Å². The first-order valence-electron chi connectivity index (χ1n) is 6.51. The first-order chi connectivity index (χ1) is 9.25. The second-order valence-corrected chi connectivity index (χ2v) is 5.15. The lowest BCUT2D eigenvalue weighted by molar-refractivity contribution is 0.578. The zero-order chi connectivity index (χ0) is 13.2. The Kier molecular flexibility index (Phi) is 3.25. The van der Waals surface area contributed by atoms with Crippen molar-refractivity contribution in [1.82, 2.24) is 14.8 Å². The summed E-state index contributed by atoms with van der Waals surface area (Å²) >= 11 is 5.08. The molecule has 0 bridgehead atoms. The molecule has 0 saturated carbocycles. The van der Waals surface area contributed by atoms with Crippen molar-refractivity contribution in [3.63, 3.8) is 0 Å². The summed E-state index contributed by atoms with van der Waals surface area (Å²) in [4.78, 5) is 14.0. The van der Waals surface area contributed by atoms with Crippen LogP contribution in [0.3, 0.4) is 0 Å². The monoisotopic (exact) mass is 276 g/mol. The van der Waals surface area contributed by atoms with Gasteiger partial charge in [0.1, 0.15) is 0 Å². The molecule has 0 spiro atoms. The number of benzene rings is 1. The maximum atomic E-state index is 11.6. The highest BCUT2D eigenvalue weighted by Gasteiger charge is 2.11. The third kappa shape index (κ3) is 2.35. The molecule has 1 aromatic carbocycles. The number of aromatic nitrogens is 3. The fraction of sp³-hybridized carbons (Fsp3) is 0.385. The second kappa shape index (κ2) is 5.05. The Morgan fingerprint density at radius 2 is 1.58 bits per heavy atom. The minimum Gasteiger partial charge on any atom is -0.372 e. The molecule has 1 aliphatic rings. The van der Waals surface area contributed by atoms with Gasteiger partial charge in [0, 0.05) is 18.8 Å². The molecule has 1 aliphatic heterocycles. The maximum Gasteiger partial charge on any atom is 0.347 e. The number of anilines is 1. The molecule has 0 amide bonds. The molecule has 5 nitrogen and oxygen atoms in total. The highest BCUT2D eigenvalue weighted by molar-refractivity contribution is 7.71. The predicted octanol–water partition coefficient (Wildman–Crippen LogP) is 2.21. The van der Waals surface area contributed by atoms with Gasteiger partial charge in [0.25, 0.3) is 0 Å². The average Bonchev–Trinajstić information content (AvgIpc) is 2.79. The van der Waals surface area contributed by atoms with Gasteiger partial charge in [-0.2, -0.15) is 0 Å². The van der Waals surface area contributed by atoms with E-state index in [0.717, 1.165) is 18.8 Å². The SMILES string of the molecule is O=c1[nH][nH]c(=S)n1-c1ccc(N2CCCCC2)cc1. The lowest BCUT2D eigenvalue weighted by Gasteiger charge is -2.28. The maximum absolute atomic E-state index is 11.6. The van der Waals surface area contributed by atoms with Crippen LogP contribution in [0.2, 0.25) is 0 Å². The Morgan fingerprint density at radius 1 is 0.947 bits per heavy atom. The van der Waals surface area contributed by atoms with Gasteiger partial charge in [-0.05, 0) is 55.7 Å². The average molecular weight is 276 g/mol. The number of nitrogens with zero attached hydrogens (tertiary/aromatic N) is 2. The van der Waals surface area contributed by atoms with E-state index in [0.29, 0.717) is 4.77 Å². The van der Waals surface area contributed by atoms with Crippen LogP contribution in [0.4, 0.5) is 5.69 Å². The summed E-state index contributed by atoms with van der Waals surface area (Å²) in [6.45, 7) is 2.23. The highest BCUT2D eigenvalue weighted by Crippen LogP contribution is 2.20. The van der Waals surface area contributed by atoms with Crippen molar-refractivity contribution in [3.05, 3.63) is 39.5 Å². The van der Waals surface area contributed by atoms with Gasteiger partial charge in [0.05, 0.1) is 5.69 Å². The molecule has 0 unspecified atom stereocenters. The first-order valence-corrected chi connectivity index (χ1v) is 6.91. The van der Waals surface area contributed by atoms with Crippen molar-refractivity contribution in [2.24, 2.45) is 0 Å². The van der Waals surface area contributed by atoms with E-state index in [2.05, 4.69) is 27.2 Å². The largest absolute Gasteiger partial charge is 0.372 e. The summed E-state index contributed by atoms with van der Waals surface area (Å²) in [6.07, 6.45) is 3.83. The van der Waals surface area contributed by atoms with Crippen molar-refractivity contribution in [1.29, 1.82) is 0 Å². The minimum atomic E-state index is -0.240. The molecule has 19 heavy (non-hydrogen) atoms. The number of hydrogen-bond donors (Lipinski definition) is 2. The Morgan fingerprint density at radius 3 is 2.16 bits per heavy atom. The number of nitrogens with one attached hydrogen (secondary N) is 2. The van der Waals surface area contributed by atoms with Crippen LogP contribution in [0.1, 0.15) is 19.3 Å². The van der Waals surface area contributed by atoms with Crippen LogP contribution in [0.15, 0.2) is 29.1 Å². The third-order valence-electron chi connectivity index (χ3n) is 3.51. The normalized spacial score (nSPS) is 15.7. The lowest BCUT2D eigenvalue weighted by Crippen LogP contribution is -2.29. The second-order valence-electron chi connectivity index (χ2n) is 4.76. The topological polar surface area (TPSA) is 56.8 Å². The van der Waals surface area contributed by atoms with Crippen molar-refractivity contribution >= 4 is 17.9 Å². The fourth-order valence-corrected chi connectivity index (χ4v) is 2.75. The Hall–Kier alpha value is -1.82. The van der Waals surface area contributed by atoms with Crippen LogP contribution in [0, 0.1) is 4.77 Å². The molecule has 0 atom stereocenters. The number of piperidine rings is 1. The standard InChI is InChI=1S/C13H16N4OS/c18-12-14-15-13(19)17(12)11-6-4-10(5-7-11)16-8-2-1-3-9-16/h4-7H,1-3,8-9H2,(H,14,18)(H,15,19). The van der Waals surface area contributed by atoms with Crippen molar-refractivity contribution in [3.8, 4) is 5.69 Å². The smallest absolute Gasteiger partial charge is 0.347 e. The van der Waals surface area contributed by atoms with Crippen LogP contribution < -0.4 is 10.6 Å². The van der Waals surface area contributed by atoms with E-state index in [1.165, 1.54) is 29.5 Å². The van der Waals surface area contributed by atoms with Gasteiger partial charge in [-0.25, -0.2) is 14.5 Å². The van der Waals surface area contributed by atoms with Gasteiger partial charge in [-0.1, -0.05) is 0 Å². The van der Waals surface area contributed by atoms with E-state index < -0.39 is 0 Å².